The van der Waals surface area contributed by atoms with Crippen LogP contribution in [0.4, 0.5) is 4.79 Å². The van der Waals surface area contributed by atoms with Gasteiger partial charge in [-0.05, 0) is 61.0 Å². The molecule has 0 saturated carbocycles. The molecule has 0 spiro atoms. The van der Waals surface area contributed by atoms with Crippen LogP contribution in [0.15, 0.2) is 24.3 Å². The van der Waals surface area contributed by atoms with Gasteiger partial charge < -0.3 is 26.0 Å². The van der Waals surface area contributed by atoms with E-state index >= 15 is 0 Å². The van der Waals surface area contributed by atoms with Crippen LogP contribution in [0, 0.1) is 6.92 Å². The molecule has 0 heterocycles. The predicted molar refractivity (Wildman–Crippen MR) is 126 cm³/mol. The van der Waals surface area contributed by atoms with E-state index in [2.05, 4.69) is 10.6 Å². The Morgan fingerprint density at radius 2 is 1.67 bits per heavy atom. The number of aryl methyl sites for hydroxylation is 1. The van der Waals surface area contributed by atoms with Crippen LogP contribution in [0.25, 0.3) is 0 Å². The monoisotopic (exact) mass is 462 g/mol. The average Bonchev–Trinajstić information content (AvgIpc) is 2.61. The first-order valence-corrected chi connectivity index (χ1v) is 11.1. The number of amides is 4. The van der Waals surface area contributed by atoms with Crippen molar-refractivity contribution in [2.24, 2.45) is 5.73 Å². The lowest BCUT2D eigenvalue weighted by molar-refractivity contribution is -0.145. The van der Waals surface area contributed by atoms with E-state index in [0.717, 1.165) is 5.56 Å². The summed E-state index contributed by atoms with van der Waals surface area (Å²) in [5.74, 6) is -1.75. The van der Waals surface area contributed by atoms with E-state index < -0.39 is 48.1 Å². The highest BCUT2D eigenvalue weighted by Gasteiger charge is 2.38. The number of hydrogen-bond donors (Lipinski definition) is 3. The lowest BCUT2D eigenvalue weighted by atomic mass is 9.98. The summed E-state index contributed by atoms with van der Waals surface area (Å²) >= 11 is 0. The second kappa shape index (κ2) is 11.7. The summed E-state index contributed by atoms with van der Waals surface area (Å²) in [7, 11) is 0. The Hall–Kier alpha value is -3.10. The number of rotatable bonds is 9. The number of hydrogen-bond acceptors (Lipinski definition) is 5. The quantitative estimate of drug-likeness (QED) is 0.519. The number of nitrogens with two attached hydrogens (primary N) is 1. The maximum atomic E-state index is 13.7. The fourth-order valence-corrected chi connectivity index (χ4v) is 3.35. The Morgan fingerprint density at radius 1 is 1.06 bits per heavy atom. The molecule has 184 valence electrons. The Bertz CT molecular complexity index is 861. The number of nitrogens with one attached hydrogen (secondary N) is 2. The highest BCUT2D eigenvalue weighted by Crippen LogP contribution is 2.26. The van der Waals surface area contributed by atoms with Gasteiger partial charge in [0.25, 0.3) is 0 Å². The molecule has 2 unspecified atom stereocenters. The zero-order valence-corrected chi connectivity index (χ0v) is 20.9. The van der Waals surface area contributed by atoms with Gasteiger partial charge in [-0.15, -0.1) is 0 Å². The molecule has 0 aliphatic rings. The van der Waals surface area contributed by atoms with Crippen LogP contribution in [-0.4, -0.2) is 52.4 Å². The largest absolute Gasteiger partial charge is 0.444 e. The second-order valence-electron chi connectivity index (χ2n) is 9.69. The highest BCUT2D eigenvalue weighted by atomic mass is 16.6. The summed E-state index contributed by atoms with van der Waals surface area (Å²) in [4.78, 5) is 52.4. The number of ether oxygens (including phenoxy) is 1. The zero-order chi connectivity index (χ0) is 25.5. The van der Waals surface area contributed by atoms with Crippen molar-refractivity contribution in [3.8, 4) is 0 Å². The topological polar surface area (TPSA) is 131 Å². The third kappa shape index (κ3) is 9.11. The van der Waals surface area contributed by atoms with Crippen LogP contribution in [0.5, 0.6) is 0 Å². The molecule has 0 aliphatic heterocycles. The molecule has 4 amide bonds. The first-order chi connectivity index (χ1) is 15.1. The number of benzene rings is 1. The van der Waals surface area contributed by atoms with Gasteiger partial charge in [-0.25, -0.2) is 4.79 Å². The van der Waals surface area contributed by atoms with Crippen LogP contribution in [0.1, 0.15) is 72.1 Å². The van der Waals surface area contributed by atoms with Crippen molar-refractivity contribution in [3.05, 3.63) is 35.4 Å². The number of carbonyl (C=O) groups excluding carboxylic acids is 4. The van der Waals surface area contributed by atoms with E-state index in [9.17, 15) is 19.2 Å². The zero-order valence-electron chi connectivity index (χ0n) is 20.9. The Balaban J connectivity index is 3.45. The number of alkyl carbamates (subject to hydrolysis) is 1. The van der Waals surface area contributed by atoms with E-state index in [-0.39, 0.29) is 11.9 Å². The molecular formula is C24H38N4O5. The summed E-state index contributed by atoms with van der Waals surface area (Å²) in [5, 5.41) is 5.32. The van der Waals surface area contributed by atoms with Crippen LogP contribution in [0.2, 0.25) is 0 Å². The highest BCUT2D eigenvalue weighted by molar-refractivity contribution is 5.94. The minimum absolute atomic E-state index is 0.157. The van der Waals surface area contributed by atoms with E-state index in [1.807, 2.05) is 39.0 Å². The maximum absolute atomic E-state index is 13.7. The summed E-state index contributed by atoms with van der Waals surface area (Å²) in [6.07, 6.45) is -1.29. The van der Waals surface area contributed by atoms with Gasteiger partial charge >= 0.3 is 6.09 Å². The lowest BCUT2D eigenvalue weighted by Crippen LogP contribution is -2.56. The molecule has 2 atom stereocenters. The molecule has 0 bridgehead atoms. The van der Waals surface area contributed by atoms with Gasteiger partial charge in [0.2, 0.25) is 17.7 Å². The van der Waals surface area contributed by atoms with Crippen LogP contribution < -0.4 is 16.4 Å². The smallest absolute Gasteiger partial charge is 0.408 e. The molecule has 1 aromatic carbocycles. The van der Waals surface area contributed by atoms with Crippen molar-refractivity contribution in [2.75, 3.05) is 0 Å². The standard InChI is InChI=1S/C24H38N4O5/c1-14(2)26-21(30)20(17-11-9-10-16(5)12-17)28(15(3)4)22(31)18(13-19(25)29)27-23(32)33-24(6,7)8/h9-12,14-15,18,20H,13H2,1-8H3,(H2,25,29)(H,26,30)(H,27,32). The van der Waals surface area contributed by atoms with Crippen molar-refractivity contribution in [1.82, 2.24) is 15.5 Å². The third-order valence-corrected chi connectivity index (χ3v) is 4.52. The molecule has 0 aliphatic carbocycles. The molecule has 0 aromatic heterocycles. The Labute approximate surface area is 196 Å². The second-order valence-corrected chi connectivity index (χ2v) is 9.69. The van der Waals surface area contributed by atoms with Crippen molar-refractivity contribution in [1.29, 1.82) is 0 Å². The van der Waals surface area contributed by atoms with Gasteiger partial charge in [-0.1, -0.05) is 29.8 Å². The number of nitrogens with zero attached hydrogens (tertiary/aromatic N) is 1. The molecule has 33 heavy (non-hydrogen) atoms. The third-order valence-electron chi connectivity index (χ3n) is 4.52. The molecule has 9 heteroatoms. The van der Waals surface area contributed by atoms with Gasteiger partial charge in [0.1, 0.15) is 17.7 Å². The molecule has 0 saturated heterocycles. The van der Waals surface area contributed by atoms with Gasteiger partial charge in [0.05, 0.1) is 6.42 Å². The summed E-state index contributed by atoms with van der Waals surface area (Å²) in [6, 6.07) is 4.44. The lowest BCUT2D eigenvalue weighted by Gasteiger charge is -2.37. The average molecular weight is 463 g/mol. The fraction of sp³-hybridized carbons (Fsp3) is 0.583. The fourth-order valence-electron chi connectivity index (χ4n) is 3.35. The molecule has 0 fully saturated rings. The van der Waals surface area contributed by atoms with Crippen molar-refractivity contribution in [3.63, 3.8) is 0 Å². The van der Waals surface area contributed by atoms with Gasteiger partial charge in [0.15, 0.2) is 0 Å². The predicted octanol–water partition coefficient (Wildman–Crippen LogP) is 2.57. The minimum atomic E-state index is -1.29. The summed E-state index contributed by atoms with van der Waals surface area (Å²) in [5.41, 5.74) is 6.10. The van der Waals surface area contributed by atoms with E-state index in [1.165, 1.54) is 4.90 Å². The van der Waals surface area contributed by atoms with E-state index in [0.29, 0.717) is 5.56 Å². The Kier molecular flexibility index (Phi) is 9.88. The molecular weight excluding hydrogens is 424 g/mol. The molecule has 1 aromatic rings. The van der Waals surface area contributed by atoms with E-state index in [1.54, 1.807) is 40.7 Å². The molecule has 1 rings (SSSR count). The number of carbonyl (C=O) groups is 4. The molecule has 9 nitrogen and oxygen atoms in total. The summed E-state index contributed by atoms with van der Waals surface area (Å²) < 4.78 is 5.25. The van der Waals surface area contributed by atoms with Crippen molar-refractivity contribution >= 4 is 23.8 Å². The van der Waals surface area contributed by atoms with Gasteiger partial charge in [0, 0.05) is 12.1 Å². The minimum Gasteiger partial charge on any atom is -0.444 e. The molecule has 4 N–H and O–H groups in total. The van der Waals surface area contributed by atoms with Crippen LogP contribution >= 0.6 is 0 Å². The first-order valence-electron chi connectivity index (χ1n) is 11.1. The van der Waals surface area contributed by atoms with Crippen molar-refractivity contribution in [2.45, 2.75) is 91.6 Å². The van der Waals surface area contributed by atoms with Crippen LogP contribution in [-0.2, 0) is 19.1 Å². The number of primary amides is 1. The normalized spacial score (nSPS) is 13.3. The van der Waals surface area contributed by atoms with Gasteiger partial charge in [-0.2, -0.15) is 0 Å². The molecule has 0 radical (unpaired) electrons. The van der Waals surface area contributed by atoms with Gasteiger partial charge in [-0.3, -0.25) is 14.4 Å². The summed E-state index contributed by atoms with van der Waals surface area (Å²) in [6.45, 7) is 14.1. The maximum Gasteiger partial charge on any atom is 0.408 e. The van der Waals surface area contributed by atoms with Crippen molar-refractivity contribution < 1.29 is 23.9 Å². The van der Waals surface area contributed by atoms with E-state index in [4.69, 9.17) is 10.5 Å². The Morgan fingerprint density at radius 3 is 2.12 bits per heavy atom. The SMILES string of the molecule is Cc1cccc(C(C(=O)NC(C)C)N(C(=O)C(CC(N)=O)NC(=O)OC(C)(C)C)C(C)C)c1. The van der Waals surface area contributed by atoms with Crippen LogP contribution in [0.3, 0.4) is 0 Å². The first kappa shape index (κ1) is 27.9.